The minimum absolute atomic E-state index is 0.0821. The lowest BCUT2D eigenvalue weighted by atomic mass is 10.2. The minimum Gasteiger partial charge on any atom is -0.345 e. The van der Waals surface area contributed by atoms with E-state index < -0.39 is 10.0 Å². The topological polar surface area (TPSA) is 70.6 Å². The van der Waals surface area contributed by atoms with Crippen molar-refractivity contribution in [2.45, 2.75) is 19.8 Å². The van der Waals surface area contributed by atoms with Crippen molar-refractivity contribution in [3.8, 4) is 0 Å². The fraction of sp³-hybridized carbons (Fsp3) is 0.368. The molecule has 0 fully saturated rings. The van der Waals surface area contributed by atoms with Gasteiger partial charge in [-0.1, -0.05) is 18.2 Å². The second kappa shape index (κ2) is 8.80. The van der Waals surface area contributed by atoms with E-state index in [1.807, 2.05) is 31.2 Å². The van der Waals surface area contributed by atoms with Gasteiger partial charge >= 0.3 is 0 Å². The molecule has 0 bridgehead atoms. The average Bonchev–Trinajstić information content (AvgIpc) is 2.61. The molecule has 0 atom stereocenters. The Balaban J connectivity index is 1.97. The largest absolute Gasteiger partial charge is 0.345 e. The van der Waals surface area contributed by atoms with Gasteiger partial charge in [-0.2, -0.15) is 0 Å². The van der Waals surface area contributed by atoms with Crippen LogP contribution >= 0.6 is 0 Å². The molecule has 0 saturated carbocycles. The van der Waals surface area contributed by atoms with Gasteiger partial charge < -0.3 is 4.90 Å². The van der Waals surface area contributed by atoms with Crippen LogP contribution in [0, 0.1) is 6.92 Å². The summed E-state index contributed by atoms with van der Waals surface area (Å²) in [6.45, 7) is 2.56. The maximum absolute atomic E-state index is 12.4. The van der Waals surface area contributed by atoms with Crippen molar-refractivity contribution in [2.75, 3.05) is 30.7 Å². The van der Waals surface area contributed by atoms with Gasteiger partial charge in [0.25, 0.3) is 0 Å². The number of hydrogen-bond donors (Lipinski definition) is 0. The lowest BCUT2D eigenvalue weighted by molar-refractivity contribution is -0.129. The van der Waals surface area contributed by atoms with E-state index in [1.54, 1.807) is 36.5 Å². The molecule has 1 aromatic carbocycles. The van der Waals surface area contributed by atoms with Crippen LogP contribution in [0.4, 0.5) is 5.69 Å². The molecular weight excluding hydrogens is 350 g/mol. The van der Waals surface area contributed by atoms with Gasteiger partial charge in [0.2, 0.25) is 15.9 Å². The van der Waals surface area contributed by atoms with Crippen LogP contribution in [0.2, 0.25) is 0 Å². The summed E-state index contributed by atoms with van der Waals surface area (Å²) >= 11 is 0. The van der Waals surface area contributed by atoms with Crippen molar-refractivity contribution in [1.29, 1.82) is 0 Å². The lowest BCUT2D eigenvalue weighted by Gasteiger charge is -2.25. The van der Waals surface area contributed by atoms with Crippen molar-refractivity contribution in [3.05, 3.63) is 59.9 Å². The van der Waals surface area contributed by atoms with E-state index >= 15 is 0 Å². The number of carbonyl (C=O) groups excluding carboxylic acids is 1. The molecule has 0 unspecified atom stereocenters. The van der Waals surface area contributed by atoms with Crippen LogP contribution in [0.3, 0.4) is 0 Å². The number of sulfonamides is 1. The van der Waals surface area contributed by atoms with Gasteiger partial charge in [0.1, 0.15) is 0 Å². The number of aromatic nitrogens is 1. The highest BCUT2D eigenvalue weighted by molar-refractivity contribution is 7.92. The third-order valence-electron chi connectivity index (χ3n) is 4.22. The molecule has 6 nitrogen and oxygen atoms in total. The van der Waals surface area contributed by atoms with Crippen molar-refractivity contribution < 1.29 is 13.2 Å². The first kappa shape index (κ1) is 19.9. The molecule has 140 valence electrons. The van der Waals surface area contributed by atoms with Gasteiger partial charge in [-0.3, -0.25) is 14.1 Å². The highest BCUT2D eigenvalue weighted by Gasteiger charge is 2.21. The monoisotopic (exact) mass is 375 g/mol. The van der Waals surface area contributed by atoms with Crippen LogP contribution in [-0.2, 0) is 21.2 Å². The lowest BCUT2D eigenvalue weighted by Crippen LogP contribution is -2.36. The fourth-order valence-corrected chi connectivity index (χ4v) is 3.65. The molecule has 2 aromatic rings. The zero-order valence-electron chi connectivity index (χ0n) is 15.4. The summed E-state index contributed by atoms with van der Waals surface area (Å²) in [5, 5.41) is 0. The number of aryl methyl sites for hydroxylation is 1. The van der Waals surface area contributed by atoms with E-state index in [-0.39, 0.29) is 18.9 Å². The quantitative estimate of drug-likeness (QED) is 0.709. The van der Waals surface area contributed by atoms with Crippen molar-refractivity contribution in [3.63, 3.8) is 0 Å². The van der Waals surface area contributed by atoms with Crippen molar-refractivity contribution >= 4 is 21.6 Å². The highest BCUT2D eigenvalue weighted by Crippen LogP contribution is 2.22. The summed E-state index contributed by atoms with van der Waals surface area (Å²) < 4.78 is 25.6. The van der Waals surface area contributed by atoms with Crippen LogP contribution in [-0.4, -0.2) is 50.6 Å². The van der Waals surface area contributed by atoms with E-state index in [4.69, 9.17) is 0 Å². The SMILES string of the molecule is Cc1ccccc1N(CCC(=O)N(C)CCc1ccncc1)S(C)(=O)=O. The summed E-state index contributed by atoms with van der Waals surface area (Å²) in [7, 11) is -1.72. The molecule has 0 saturated heterocycles. The summed E-state index contributed by atoms with van der Waals surface area (Å²) in [4.78, 5) is 18.0. The van der Waals surface area contributed by atoms with Crippen molar-refractivity contribution in [2.24, 2.45) is 0 Å². The molecule has 1 heterocycles. The molecule has 0 radical (unpaired) electrons. The summed E-state index contributed by atoms with van der Waals surface area (Å²) in [6.07, 6.45) is 5.48. The number of amides is 1. The summed E-state index contributed by atoms with van der Waals surface area (Å²) in [5.74, 6) is -0.0821. The predicted molar refractivity (Wildman–Crippen MR) is 104 cm³/mol. The smallest absolute Gasteiger partial charge is 0.232 e. The Kier molecular flexibility index (Phi) is 6.74. The predicted octanol–water partition coefficient (Wildman–Crippen LogP) is 2.25. The van der Waals surface area contributed by atoms with Gasteiger partial charge in [-0.05, 0) is 42.7 Å². The molecular formula is C19H25N3O3S. The Hall–Kier alpha value is -2.41. The minimum atomic E-state index is -3.46. The number of carbonyl (C=O) groups is 1. The van der Waals surface area contributed by atoms with Crippen LogP contribution in [0.1, 0.15) is 17.5 Å². The number of para-hydroxylation sites is 1. The molecule has 0 aliphatic rings. The number of rotatable bonds is 8. The molecule has 0 N–H and O–H groups in total. The van der Waals surface area contributed by atoms with Gasteiger partial charge in [0.05, 0.1) is 11.9 Å². The van der Waals surface area contributed by atoms with Crippen LogP contribution in [0.5, 0.6) is 0 Å². The van der Waals surface area contributed by atoms with Crippen LogP contribution in [0.25, 0.3) is 0 Å². The molecule has 1 aromatic heterocycles. The Morgan fingerprint density at radius 3 is 2.35 bits per heavy atom. The second-order valence-electron chi connectivity index (χ2n) is 6.29. The Morgan fingerprint density at radius 2 is 1.73 bits per heavy atom. The second-order valence-corrected chi connectivity index (χ2v) is 8.20. The number of hydrogen-bond acceptors (Lipinski definition) is 4. The first-order chi connectivity index (χ1) is 12.3. The fourth-order valence-electron chi connectivity index (χ4n) is 2.67. The average molecular weight is 375 g/mol. The number of likely N-dealkylation sites (N-methyl/N-ethyl adjacent to an activating group) is 1. The molecule has 0 spiro atoms. The summed E-state index contributed by atoms with van der Waals surface area (Å²) in [6, 6.07) is 11.1. The first-order valence-electron chi connectivity index (χ1n) is 8.45. The van der Waals surface area contributed by atoms with E-state index in [9.17, 15) is 13.2 Å². The first-order valence-corrected chi connectivity index (χ1v) is 10.3. The third kappa shape index (κ3) is 5.56. The van der Waals surface area contributed by atoms with Crippen LogP contribution in [0.15, 0.2) is 48.8 Å². The molecule has 0 aliphatic carbocycles. The normalized spacial score (nSPS) is 11.2. The molecule has 2 rings (SSSR count). The van der Waals surface area contributed by atoms with Gasteiger partial charge in [-0.25, -0.2) is 8.42 Å². The number of anilines is 1. The van der Waals surface area contributed by atoms with Gasteiger partial charge in [0.15, 0.2) is 0 Å². The zero-order chi connectivity index (χ0) is 19.2. The highest BCUT2D eigenvalue weighted by atomic mass is 32.2. The van der Waals surface area contributed by atoms with Gasteiger partial charge in [-0.15, -0.1) is 0 Å². The molecule has 26 heavy (non-hydrogen) atoms. The molecule has 0 aliphatic heterocycles. The maximum Gasteiger partial charge on any atom is 0.232 e. The zero-order valence-corrected chi connectivity index (χ0v) is 16.2. The van der Waals surface area contributed by atoms with Crippen molar-refractivity contribution in [1.82, 2.24) is 9.88 Å². The van der Waals surface area contributed by atoms with Gasteiger partial charge in [0, 0.05) is 39.0 Å². The number of benzene rings is 1. The van der Waals surface area contributed by atoms with E-state index in [0.29, 0.717) is 12.2 Å². The number of nitrogens with zero attached hydrogens (tertiary/aromatic N) is 3. The Labute approximate surface area is 155 Å². The Bertz CT molecular complexity index is 838. The van der Waals surface area contributed by atoms with Crippen LogP contribution < -0.4 is 4.31 Å². The standard InChI is InChI=1S/C19H25N3O3S/c1-16-6-4-5-7-18(16)22(26(3,24)25)15-11-19(23)21(2)14-10-17-8-12-20-13-9-17/h4-9,12-13H,10-11,14-15H2,1-3H3. The van der Waals surface area contributed by atoms with E-state index in [1.165, 1.54) is 4.31 Å². The van der Waals surface area contributed by atoms with E-state index in [0.717, 1.165) is 23.8 Å². The Morgan fingerprint density at radius 1 is 1.08 bits per heavy atom. The maximum atomic E-state index is 12.4. The summed E-state index contributed by atoms with van der Waals surface area (Å²) in [5.41, 5.74) is 2.58. The third-order valence-corrected chi connectivity index (χ3v) is 5.40. The number of pyridine rings is 1. The molecule has 1 amide bonds. The van der Waals surface area contributed by atoms with E-state index in [2.05, 4.69) is 4.98 Å². The molecule has 7 heteroatoms.